The second-order valence-corrected chi connectivity index (χ2v) is 7.96. The molecular formula is C26H27FN2O2. The van der Waals surface area contributed by atoms with E-state index in [1.807, 2.05) is 60.7 Å². The Morgan fingerprint density at radius 1 is 1.06 bits per heavy atom. The van der Waals surface area contributed by atoms with E-state index in [0.717, 1.165) is 54.1 Å². The van der Waals surface area contributed by atoms with Crippen LogP contribution in [0.5, 0.6) is 5.75 Å². The van der Waals surface area contributed by atoms with E-state index in [0.29, 0.717) is 6.54 Å². The van der Waals surface area contributed by atoms with Crippen LogP contribution in [0.3, 0.4) is 0 Å². The number of hydrogen-bond acceptors (Lipinski definition) is 3. The molecule has 0 unspecified atom stereocenters. The summed E-state index contributed by atoms with van der Waals surface area (Å²) in [5.41, 5.74) is 3.89. The molecule has 0 aliphatic carbocycles. The molecule has 0 saturated carbocycles. The average molecular weight is 419 g/mol. The van der Waals surface area contributed by atoms with E-state index in [9.17, 15) is 9.18 Å². The number of carbonyl (C=O) groups is 1. The molecule has 0 spiro atoms. The number of rotatable bonds is 6. The first-order valence-corrected chi connectivity index (χ1v) is 10.6. The van der Waals surface area contributed by atoms with Gasteiger partial charge in [-0.05, 0) is 60.8 Å². The van der Waals surface area contributed by atoms with Crippen LogP contribution in [0.2, 0.25) is 0 Å². The van der Waals surface area contributed by atoms with Gasteiger partial charge < -0.3 is 10.1 Å². The van der Waals surface area contributed by atoms with Crippen LogP contribution in [0.4, 0.5) is 10.1 Å². The van der Waals surface area contributed by atoms with Crippen molar-refractivity contribution in [2.75, 3.05) is 25.5 Å². The van der Waals surface area contributed by atoms with Crippen LogP contribution in [-0.4, -0.2) is 31.0 Å². The van der Waals surface area contributed by atoms with Gasteiger partial charge in [0.2, 0.25) is 5.91 Å². The number of nitrogens with zero attached hydrogens (tertiary/aromatic N) is 1. The minimum absolute atomic E-state index is 0.0461. The number of anilines is 1. The molecule has 1 amide bonds. The molecule has 1 aliphatic heterocycles. The number of methoxy groups -OCH3 is 1. The van der Waals surface area contributed by atoms with E-state index >= 15 is 0 Å². The van der Waals surface area contributed by atoms with Gasteiger partial charge in [0, 0.05) is 24.3 Å². The summed E-state index contributed by atoms with van der Waals surface area (Å²) in [6, 6.07) is 22.3. The van der Waals surface area contributed by atoms with Gasteiger partial charge in [0.15, 0.2) is 0 Å². The van der Waals surface area contributed by atoms with Gasteiger partial charge in [0.25, 0.3) is 0 Å². The summed E-state index contributed by atoms with van der Waals surface area (Å²) in [6.45, 7) is 2.38. The normalized spacial score (nSPS) is 16.6. The van der Waals surface area contributed by atoms with E-state index in [-0.39, 0.29) is 17.6 Å². The Morgan fingerprint density at radius 2 is 1.81 bits per heavy atom. The van der Waals surface area contributed by atoms with Gasteiger partial charge in [-0.1, -0.05) is 42.5 Å². The Hall–Kier alpha value is -3.18. The molecule has 0 aromatic heterocycles. The average Bonchev–Trinajstić information content (AvgIpc) is 2.81. The lowest BCUT2D eigenvalue weighted by molar-refractivity contribution is -0.121. The molecule has 5 heteroatoms. The van der Waals surface area contributed by atoms with E-state index in [4.69, 9.17) is 4.74 Å². The summed E-state index contributed by atoms with van der Waals surface area (Å²) in [6.07, 6.45) is 1.84. The van der Waals surface area contributed by atoms with Gasteiger partial charge in [-0.25, -0.2) is 4.39 Å². The fourth-order valence-electron chi connectivity index (χ4n) is 4.11. The van der Waals surface area contributed by atoms with E-state index in [1.165, 1.54) is 12.1 Å². The standard InChI is InChI=1S/C26H27FN2O2/c1-31-23-14-10-20(11-15-23)24-6-2-3-7-25(24)28-26(30)21-5-4-16-29(18-21)17-19-8-12-22(27)13-9-19/h2-3,6-15,21H,4-5,16-18H2,1H3,(H,28,30)/t21-/m0/s1. The van der Waals surface area contributed by atoms with Crippen molar-refractivity contribution in [3.63, 3.8) is 0 Å². The Balaban J connectivity index is 1.43. The van der Waals surface area contributed by atoms with Crippen LogP contribution in [0, 0.1) is 11.7 Å². The number of ether oxygens (including phenoxy) is 1. The zero-order valence-corrected chi connectivity index (χ0v) is 17.7. The Labute approximate surface area is 182 Å². The minimum Gasteiger partial charge on any atom is -0.497 e. The summed E-state index contributed by atoms with van der Waals surface area (Å²) in [5.74, 6) is 0.548. The highest BCUT2D eigenvalue weighted by Gasteiger charge is 2.26. The summed E-state index contributed by atoms with van der Waals surface area (Å²) in [7, 11) is 1.65. The predicted molar refractivity (Wildman–Crippen MR) is 121 cm³/mol. The molecule has 1 atom stereocenters. The topological polar surface area (TPSA) is 41.6 Å². The molecule has 1 aliphatic rings. The first kappa shape index (κ1) is 21.1. The maximum Gasteiger partial charge on any atom is 0.228 e. The van der Waals surface area contributed by atoms with Gasteiger partial charge in [-0.15, -0.1) is 0 Å². The Bertz CT molecular complexity index is 1020. The van der Waals surface area contributed by atoms with E-state index in [1.54, 1.807) is 7.11 Å². The fraction of sp³-hybridized carbons (Fsp3) is 0.269. The van der Waals surface area contributed by atoms with Crippen molar-refractivity contribution >= 4 is 11.6 Å². The van der Waals surface area contributed by atoms with Crippen LogP contribution in [-0.2, 0) is 11.3 Å². The monoisotopic (exact) mass is 418 g/mol. The van der Waals surface area contributed by atoms with Gasteiger partial charge in [0.05, 0.1) is 13.0 Å². The number of amides is 1. The first-order chi connectivity index (χ1) is 15.1. The van der Waals surface area contributed by atoms with Crippen molar-refractivity contribution in [3.05, 3.63) is 84.2 Å². The molecule has 1 fully saturated rings. The van der Waals surface area contributed by atoms with Gasteiger partial charge in [-0.3, -0.25) is 9.69 Å². The molecule has 3 aromatic carbocycles. The third-order valence-corrected chi connectivity index (χ3v) is 5.78. The Kier molecular flexibility index (Phi) is 6.63. The number of halogens is 1. The highest BCUT2D eigenvalue weighted by molar-refractivity contribution is 5.97. The number of likely N-dealkylation sites (tertiary alicyclic amines) is 1. The van der Waals surface area contributed by atoms with Crippen molar-refractivity contribution < 1.29 is 13.9 Å². The number of para-hydroxylation sites is 1. The largest absolute Gasteiger partial charge is 0.497 e. The third-order valence-electron chi connectivity index (χ3n) is 5.78. The van der Waals surface area contributed by atoms with Crippen molar-refractivity contribution in [1.82, 2.24) is 4.90 Å². The minimum atomic E-state index is -0.227. The number of nitrogens with one attached hydrogen (secondary N) is 1. The van der Waals surface area contributed by atoms with E-state index in [2.05, 4.69) is 10.2 Å². The van der Waals surface area contributed by atoms with Crippen molar-refractivity contribution in [1.29, 1.82) is 0 Å². The lowest BCUT2D eigenvalue weighted by Gasteiger charge is -2.32. The maximum atomic E-state index is 13.2. The molecule has 1 N–H and O–H groups in total. The molecule has 3 aromatic rings. The van der Waals surface area contributed by atoms with Gasteiger partial charge in [-0.2, -0.15) is 0 Å². The molecule has 0 bridgehead atoms. The first-order valence-electron chi connectivity index (χ1n) is 10.6. The summed E-state index contributed by atoms with van der Waals surface area (Å²) >= 11 is 0. The van der Waals surface area contributed by atoms with Crippen LogP contribution < -0.4 is 10.1 Å². The lowest BCUT2D eigenvalue weighted by atomic mass is 9.96. The molecule has 160 valence electrons. The zero-order chi connectivity index (χ0) is 21.6. The molecule has 31 heavy (non-hydrogen) atoms. The summed E-state index contributed by atoms with van der Waals surface area (Å²) in [4.78, 5) is 15.4. The number of carbonyl (C=O) groups excluding carboxylic acids is 1. The number of hydrogen-bond donors (Lipinski definition) is 1. The molecule has 1 saturated heterocycles. The highest BCUT2D eigenvalue weighted by Crippen LogP contribution is 2.30. The van der Waals surface area contributed by atoms with Crippen LogP contribution >= 0.6 is 0 Å². The van der Waals surface area contributed by atoms with Crippen LogP contribution in [0.1, 0.15) is 18.4 Å². The van der Waals surface area contributed by atoms with Crippen molar-refractivity contribution in [2.45, 2.75) is 19.4 Å². The SMILES string of the molecule is COc1ccc(-c2ccccc2NC(=O)[C@H]2CCCN(Cc3ccc(F)cc3)C2)cc1. The zero-order valence-electron chi connectivity index (χ0n) is 17.7. The fourth-order valence-corrected chi connectivity index (χ4v) is 4.11. The number of benzene rings is 3. The van der Waals surface area contributed by atoms with Gasteiger partial charge in [0.1, 0.15) is 11.6 Å². The predicted octanol–water partition coefficient (Wildman–Crippen LogP) is 5.35. The van der Waals surface area contributed by atoms with Crippen molar-refractivity contribution in [2.24, 2.45) is 5.92 Å². The van der Waals surface area contributed by atoms with Crippen molar-refractivity contribution in [3.8, 4) is 16.9 Å². The van der Waals surface area contributed by atoms with E-state index < -0.39 is 0 Å². The molecule has 0 radical (unpaired) electrons. The van der Waals surface area contributed by atoms with Crippen LogP contribution in [0.15, 0.2) is 72.8 Å². The third kappa shape index (κ3) is 5.30. The quantitative estimate of drug-likeness (QED) is 0.587. The summed E-state index contributed by atoms with van der Waals surface area (Å²) < 4.78 is 18.4. The summed E-state index contributed by atoms with van der Waals surface area (Å²) in [5, 5.41) is 3.15. The molecule has 4 nitrogen and oxygen atoms in total. The lowest BCUT2D eigenvalue weighted by Crippen LogP contribution is -2.40. The second-order valence-electron chi connectivity index (χ2n) is 7.96. The molecular weight excluding hydrogens is 391 g/mol. The molecule has 4 rings (SSSR count). The Morgan fingerprint density at radius 3 is 2.55 bits per heavy atom. The molecule has 1 heterocycles. The smallest absolute Gasteiger partial charge is 0.228 e. The second kappa shape index (κ2) is 9.75. The van der Waals surface area contributed by atoms with Crippen LogP contribution in [0.25, 0.3) is 11.1 Å². The highest BCUT2D eigenvalue weighted by atomic mass is 19.1. The number of piperidine rings is 1. The van der Waals surface area contributed by atoms with Gasteiger partial charge >= 0.3 is 0 Å². The maximum absolute atomic E-state index is 13.2.